The molecular formula is C15H21FN6. The van der Waals surface area contributed by atoms with Crippen LogP contribution in [-0.2, 0) is 6.54 Å². The molecular weight excluding hydrogens is 283 g/mol. The highest BCUT2D eigenvalue weighted by molar-refractivity contribution is 5.29. The summed E-state index contributed by atoms with van der Waals surface area (Å²) >= 11 is 0. The molecule has 0 N–H and O–H groups in total. The molecule has 2 aromatic heterocycles. The van der Waals surface area contributed by atoms with Crippen molar-refractivity contribution in [2.45, 2.75) is 25.4 Å². The Hall–Kier alpha value is -2.02. The fourth-order valence-electron chi connectivity index (χ4n) is 2.86. The summed E-state index contributed by atoms with van der Waals surface area (Å²) in [4.78, 5) is 12.6. The molecule has 0 aromatic carbocycles. The van der Waals surface area contributed by atoms with Crippen LogP contribution in [0.25, 0.3) is 0 Å². The lowest BCUT2D eigenvalue weighted by Crippen LogP contribution is -2.44. The first-order valence-corrected chi connectivity index (χ1v) is 7.62. The number of rotatable bonds is 5. The van der Waals surface area contributed by atoms with Crippen molar-refractivity contribution in [2.75, 3.05) is 31.6 Å². The number of likely N-dealkylation sites (tertiary alicyclic amines) is 1. The van der Waals surface area contributed by atoms with Crippen molar-refractivity contribution < 1.29 is 4.39 Å². The van der Waals surface area contributed by atoms with E-state index in [1.165, 1.54) is 12.4 Å². The van der Waals surface area contributed by atoms with Gasteiger partial charge < -0.3 is 9.80 Å². The van der Waals surface area contributed by atoms with Crippen LogP contribution in [0.3, 0.4) is 0 Å². The first-order chi connectivity index (χ1) is 10.7. The number of anilines is 1. The summed E-state index contributed by atoms with van der Waals surface area (Å²) in [5.41, 5.74) is 0. The van der Waals surface area contributed by atoms with E-state index >= 15 is 0 Å². The lowest BCUT2D eigenvalue weighted by molar-refractivity contribution is 0.201. The van der Waals surface area contributed by atoms with E-state index in [1.807, 2.05) is 30.2 Å². The zero-order chi connectivity index (χ0) is 15.4. The third kappa shape index (κ3) is 3.59. The highest BCUT2D eigenvalue weighted by Crippen LogP contribution is 2.18. The molecule has 1 aliphatic heterocycles. The zero-order valence-electron chi connectivity index (χ0n) is 12.8. The monoisotopic (exact) mass is 304 g/mol. The van der Waals surface area contributed by atoms with E-state index in [1.54, 1.807) is 0 Å². The van der Waals surface area contributed by atoms with E-state index < -0.39 is 5.82 Å². The van der Waals surface area contributed by atoms with Crippen molar-refractivity contribution >= 4 is 5.95 Å². The van der Waals surface area contributed by atoms with Crippen LogP contribution in [0.2, 0.25) is 0 Å². The number of hydrogen-bond acceptors (Lipinski definition) is 5. The van der Waals surface area contributed by atoms with Crippen LogP contribution in [0, 0.1) is 5.82 Å². The first-order valence-electron chi connectivity index (χ1n) is 7.62. The van der Waals surface area contributed by atoms with E-state index in [-0.39, 0.29) is 0 Å². The van der Waals surface area contributed by atoms with Crippen molar-refractivity contribution in [3.63, 3.8) is 0 Å². The van der Waals surface area contributed by atoms with Crippen LogP contribution < -0.4 is 4.90 Å². The summed E-state index contributed by atoms with van der Waals surface area (Å²) in [6.45, 7) is 4.05. The molecule has 0 unspecified atom stereocenters. The van der Waals surface area contributed by atoms with Crippen LogP contribution in [0.5, 0.6) is 0 Å². The Morgan fingerprint density at radius 2 is 1.95 bits per heavy atom. The lowest BCUT2D eigenvalue weighted by Gasteiger charge is -2.36. The Kier molecular flexibility index (Phi) is 4.62. The van der Waals surface area contributed by atoms with Gasteiger partial charge in [0.05, 0.1) is 18.9 Å². The molecule has 1 fully saturated rings. The average molecular weight is 304 g/mol. The maximum atomic E-state index is 12.9. The summed E-state index contributed by atoms with van der Waals surface area (Å²) in [6, 6.07) is 2.36. The fourth-order valence-corrected chi connectivity index (χ4v) is 2.86. The minimum Gasteiger partial charge on any atom is -0.341 e. The highest BCUT2D eigenvalue weighted by atomic mass is 19.1. The lowest BCUT2D eigenvalue weighted by atomic mass is 10.0. The Bertz CT molecular complexity index is 562. The van der Waals surface area contributed by atoms with E-state index in [4.69, 9.17) is 0 Å². The van der Waals surface area contributed by atoms with E-state index in [9.17, 15) is 4.39 Å². The Balaban J connectivity index is 1.47. The van der Waals surface area contributed by atoms with Gasteiger partial charge in [-0.05, 0) is 18.9 Å². The van der Waals surface area contributed by atoms with E-state index in [0.29, 0.717) is 12.0 Å². The van der Waals surface area contributed by atoms with Gasteiger partial charge in [-0.2, -0.15) is 5.10 Å². The summed E-state index contributed by atoms with van der Waals surface area (Å²) in [5.74, 6) is 0.196. The van der Waals surface area contributed by atoms with Gasteiger partial charge in [0.2, 0.25) is 5.95 Å². The third-order valence-electron chi connectivity index (χ3n) is 4.23. The van der Waals surface area contributed by atoms with Crippen LogP contribution in [0.4, 0.5) is 10.3 Å². The summed E-state index contributed by atoms with van der Waals surface area (Å²) in [5, 5.41) is 4.23. The van der Waals surface area contributed by atoms with Crippen molar-refractivity contribution in [1.29, 1.82) is 0 Å². The molecule has 0 aliphatic carbocycles. The van der Waals surface area contributed by atoms with E-state index in [0.717, 1.165) is 39.0 Å². The minimum atomic E-state index is -0.398. The van der Waals surface area contributed by atoms with Crippen LogP contribution >= 0.6 is 0 Å². The normalized spacial score (nSPS) is 16.8. The van der Waals surface area contributed by atoms with Crippen molar-refractivity contribution in [3.05, 3.63) is 36.7 Å². The topological polar surface area (TPSA) is 50.1 Å². The molecule has 6 nitrogen and oxygen atoms in total. The average Bonchev–Trinajstić information content (AvgIpc) is 3.07. The third-order valence-corrected chi connectivity index (χ3v) is 4.23. The number of nitrogens with zero attached hydrogens (tertiary/aromatic N) is 6. The maximum Gasteiger partial charge on any atom is 0.225 e. The summed E-state index contributed by atoms with van der Waals surface area (Å²) < 4.78 is 14.9. The van der Waals surface area contributed by atoms with Gasteiger partial charge in [-0.15, -0.1) is 0 Å². The van der Waals surface area contributed by atoms with Crippen LogP contribution in [0.1, 0.15) is 12.8 Å². The molecule has 22 heavy (non-hydrogen) atoms. The van der Waals surface area contributed by atoms with Gasteiger partial charge in [-0.1, -0.05) is 0 Å². The van der Waals surface area contributed by atoms with Crippen molar-refractivity contribution in [2.24, 2.45) is 0 Å². The predicted molar refractivity (Wildman–Crippen MR) is 82.1 cm³/mol. The Morgan fingerprint density at radius 1 is 1.23 bits per heavy atom. The van der Waals surface area contributed by atoms with Gasteiger partial charge in [-0.3, -0.25) is 4.68 Å². The molecule has 2 aromatic rings. The SMILES string of the molecule is CN(c1ncc(F)cn1)C1CCN(CCn2cccn2)CC1. The summed E-state index contributed by atoms with van der Waals surface area (Å²) in [7, 11) is 1.98. The smallest absolute Gasteiger partial charge is 0.225 e. The van der Waals surface area contributed by atoms with Crippen molar-refractivity contribution in [3.8, 4) is 0 Å². The van der Waals surface area contributed by atoms with Crippen molar-refractivity contribution in [1.82, 2.24) is 24.6 Å². The van der Waals surface area contributed by atoms with Gasteiger partial charge in [0.25, 0.3) is 0 Å². The van der Waals surface area contributed by atoms with E-state index in [2.05, 4.69) is 24.9 Å². The summed E-state index contributed by atoms with van der Waals surface area (Å²) in [6.07, 6.45) is 8.37. The van der Waals surface area contributed by atoms with Crippen LogP contribution in [-0.4, -0.2) is 57.4 Å². The largest absolute Gasteiger partial charge is 0.341 e. The number of hydrogen-bond donors (Lipinski definition) is 0. The number of aromatic nitrogens is 4. The Labute approximate surface area is 129 Å². The molecule has 0 amide bonds. The fraction of sp³-hybridized carbons (Fsp3) is 0.533. The van der Waals surface area contributed by atoms with Crippen LogP contribution in [0.15, 0.2) is 30.9 Å². The molecule has 0 saturated carbocycles. The zero-order valence-corrected chi connectivity index (χ0v) is 12.8. The van der Waals surface area contributed by atoms with Gasteiger partial charge in [0.15, 0.2) is 5.82 Å². The molecule has 1 saturated heterocycles. The molecule has 3 heterocycles. The first kappa shape index (κ1) is 14.9. The number of halogens is 1. The quantitative estimate of drug-likeness (QED) is 0.836. The predicted octanol–water partition coefficient (Wildman–Crippen LogP) is 1.41. The molecule has 1 aliphatic rings. The van der Waals surface area contributed by atoms with Gasteiger partial charge in [0.1, 0.15) is 0 Å². The molecule has 118 valence electrons. The van der Waals surface area contributed by atoms with Gasteiger partial charge in [-0.25, -0.2) is 14.4 Å². The van der Waals surface area contributed by atoms with Gasteiger partial charge in [0, 0.05) is 45.1 Å². The maximum absolute atomic E-state index is 12.9. The molecule has 3 rings (SSSR count). The molecule has 7 heteroatoms. The standard InChI is InChI=1S/C15H21FN6/c1-20(15-17-11-13(16)12-18-15)14-3-7-21(8-4-14)9-10-22-6-2-5-19-22/h2,5-6,11-12,14H,3-4,7-10H2,1H3. The second kappa shape index (κ2) is 6.83. The second-order valence-electron chi connectivity index (χ2n) is 5.65. The minimum absolute atomic E-state index is 0.398. The highest BCUT2D eigenvalue weighted by Gasteiger charge is 2.23. The second-order valence-corrected chi connectivity index (χ2v) is 5.65. The molecule has 0 spiro atoms. The number of piperidine rings is 1. The van der Waals surface area contributed by atoms with Gasteiger partial charge >= 0.3 is 0 Å². The molecule has 0 atom stereocenters. The Morgan fingerprint density at radius 3 is 2.59 bits per heavy atom. The molecule has 0 radical (unpaired) electrons. The molecule has 0 bridgehead atoms.